The Labute approximate surface area is 107 Å². The Kier molecular flexibility index (Phi) is 3.87. The molecule has 1 aliphatic rings. The summed E-state index contributed by atoms with van der Waals surface area (Å²) in [5.74, 6) is 0.420. The molecule has 94 valence electrons. The third-order valence-electron chi connectivity index (χ3n) is 4.18. The van der Waals surface area contributed by atoms with Crippen LogP contribution in [0.2, 0.25) is 0 Å². The van der Waals surface area contributed by atoms with Crippen molar-refractivity contribution in [1.29, 1.82) is 0 Å². The van der Waals surface area contributed by atoms with Crippen LogP contribution in [0.15, 0.2) is 17.5 Å². The molecule has 1 heterocycles. The third kappa shape index (κ3) is 2.39. The highest BCUT2D eigenvalue weighted by molar-refractivity contribution is 7.11. The van der Waals surface area contributed by atoms with Crippen LogP contribution < -0.4 is 4.74 Å². The third-order valence-corrected chi connectivity index (χ3v) is 4.92. The number of hydrogen-bond acceptors (Lipinski definition) is 3. The summed E-state index contributed by atoms with van der Waals surface area (Å²) in [7, 11) is 0. The summed E-state index contributed by atoms with van der Waals surface area (Å²) < 4.78 is 5.54. The van der Waals surface area contributed by atoms with Gasteiger partial charge in [0.05, 0.1) is 5.41 Å². The fourth-order valence-corrected chi connectivity index (χ4v) is 3.47. The molecule has 17 heavy (non-hydrogen) atoms. The lowest BCUT2D eigenvalue weighted by molar-refractivity contribution is -0.151. The van der Waals surface area contributed by atoms with Crippen molar-refractivity contribution < 1.29 is 9.53 Å². The van der Waals surface area contributed by atoms with E-state index in [2.05, 4.69) is 13.8 Å². The SMILES string of the molecule is CCC1(C(=O)Oc2cccs2)CCCCC1C. The van der Waals surface area contributed by atoms with E-state index in [4.69, 9.17) is 4.74 Å². The summed E-state index contributed by atoms with van der Waals surface area (Å²) in [5, 5.41) is 2.66. The highest BCUT2D eigenvalue weighted by atomic mass is 32.1. The Morgan fingerprint density at radius 3 is 3.00 bits per heavy atom. The highest BCUT2D eigenvalue weighted by Gasteiger charge is 2.44. The van der Waals surface area contributed by atoms with Gasteiger partial charge < -0.3 is 4.74 Å². The molecule has 0 aliphatic heterocycles. The second-order valence-electron chi connectivity index (χ2n) is 4.98. The lowest BCUT2D eigenvalue weighted by atomic mass is 9.65. The van der Waals surface area contributed by atoms with Gasteiger partial charge in [-0.25, -0.2) is 0 Å². The lowest BCUT2D eigenvalue weighted by Crippen LogP contribution is -2.42. The smallest absolute Gasteiger partial charge is 0.318 e. The number of carbonyl (C=O) groups is 1. The number of carbonyl (C=O) groups excluding carboxylic acids is 1. The molecule has 0 saturated heterocycles. The summed E-state index contributed by atoms with van der Waals surface area (Å²) in [6, 6.07) is 3.77. The Balaban J connectivity index is 2.13. The molecule has 2 unspecified atom stereocenters. The van der Waals surface area contributed by atoms with Gasteiger partial charge in [-0.15, -0.1) is 11.3 Å². The fraction of sp³-hybridized carbons (Fsp3) is 0.643. The van der Waals surface area contributed by atoms with E-state index >= 15 is 0 Å². The maximum atomic E-state index is 12.4. The molecular weight excluding hydrogens is 232 g/mol. The minimum Gasteiger partial charge on any atom is -0.415 e. The standard InChI is InChI=1S/C14H20O2S/c1-3-14(9-5-4-7-11(14)2)13(15)16-12-8-6-10-17-12/h6,8,10-11H,3-5,7,9H2,1-2H3. The molecule has 1 aromatic rings. The first kappa shape index (κ1) is 12.6. The maximum Gasteiger partial charge on any atom is 0.318 e. The Bertz CT molecular complexity index is 372. The summed E-state index contributed by atoms with van der Waals surface area (Å²) in [6.45, 7) is 4.30. The molecule has 0 radical (unpaired) electrons. The molecule has 0 N–H and O–H groups in total. The van der Waals surface area contributed by atoms with Crippen LogP contribution >= 0.6 is 11.3 Å². The van der Waals surface area contributed by atoms with Crippen molar-refractivity contribution in [3.63, 3.8) is 0 Å². The highest BCUT2D eigenvalue weighted by Crippen LogP contribution is 2.45. The van der Waals surface area contributed by atoms with Gasteiger partial charge in [-0.3, -0.25) is 4.79 Å². The van der Waals surface area contributed by atoms with Crippen molar-refractivity contribution >= 4 is 17.3 Å². The van der Waals surface area contributed by atoms with E-state index in [-0.39, 0.29) is 11.4 Å². The largest absolute Gasteiger partial charge is 0.415 e. The minimum atomic E-state index is -0.248. The molecule has 0 amide bonds. The molecule has 1 aliphatic carbocycles. The van der Waals surface area contributed by atoms with E-state index in [9.17, 15) is 4.79 Å². The minimum absolute atomic E-state index is 0.0188. The fourth-order valence-electron chi connectivity index (χ4n) is 2.90. The van der Waals surface area contributed by atoms with Crippen molar-refractivity contribution in [2.24, 2.45) is 11.3 Å². The monoisotopic (exact) mass is 252 g/mol. The second kappa shape index (κ2) is 5.21. The van der Waals surface area contributed by atoms with Crippen LogP contribution in [0.5, 0.6) is 5.06 Å². The molecule has 2 nitrogen and oxygen atoms in total. The molecule has 0 bridgehead atoms. The van der Waals surface area contributed by atoms with Gasteiger partial charge in [-0.1, -0.05) is 26.7 Å². The Morgan fingerprint density at radius 2 is 2.41 bits per heavy atom. The summed E-state index contributed by atoms with van der Waals surface area (Å²) in [5.41, 5.74) is -0.248. The number of thiophene rings is 1. The predicted octanol–water partition coefficient (Wildman–Crippen LogP) is 4.26. The van der Waals surface area contributed by atoms with E-state index in [1.807, 2.05) is 17.5 Å². The molecule has 3 heteroatoms. The quantitative estimate of drug-likeness (QED) is 0.751. The van der Waals surface area contributed by atoms with Crippen molar-refractivity contribution in [3.05, 3.63) is 17.5 Å². The Morgan fingerprint density at radius 1 is 1.59 bits per heavy atom. The van der Waals surface area contributed by atoms with Crippen LogP contribution in [0.4, 0.5) is 0 Å². The van der Waals surface area contributed by atoms with Crippen molar-refractivity contribution in [1.82, 2.24) is 0 Å². The molecule has 1 saturated carbocycles. The van der Waals surface area contributed by atoms with Crippen molar-refractivity contribution in [2.45, 2.75) is 46.0 Å². The van der Waals surface area contributed by atoms with Gasteiger partial charge in [0.15, 0.2) is 5.06 Å². The first-order valence-electron chi connectivity index (χ1n) is 6.45. The molecule has 2 rings (SSSR count). The van der Waals surface area contributed by atoms with Gasteiger partial charge in [0.2, 0.25) is 0 Å². The van der Waals surface area contributed by atoms with Crippen LogP contribution in [0.1, 0.15) is 46.0 Å². The van der Waals surface area contributed by atoms with Gasteiger partial charge in [0, 0.05) is 0 Å². The summed E-state index contributed by atoms with van der Waals surface area (Å²) >= 11 is 1.48. The molecular formula is C14H20O2S. The van der Waals surface area contributed by atoms with Gasteiger partial charge in [0.25, 0.3) is 0 Å². The summed E-state index contributed by atoms with van der Waals surface area (Å²) in [6.07, 6.45) is 5.41. The summed E-state index contributed by atoms with van der Waals surface area (Å²) in [4.78, 5) is 12.4. The molecule has 2 atom stereocenters. The number of ether oxygens (including phenoxy) is 1. The van der Waals surface area contributed by atoms with Crippen LogP contribution in [-0.4, -0.2) is 5.97 Å². The van der Waals surface area contributed by atoms with Gasteiger partial charge in [0.1, 0.15) is 0 Å². The van der Waals surface area contributed by atoms with E-state index in [1.165, 1.54) is 17.8 Å². The van der Waals surface area contributed by atoms with Crippen molar-refractivity contribution in [3.8, 4) is 5.06 Å². The van der Waals surface area contributed by atoms with Crippen LogP contribution in [-0.2, 0) is 4.79 Å². The number of esters is 1. The predicted molar refractivity (Wildman–Crippen MR) is 70.3 cm³/mol. The zero-order valence-electron chi connectivity index (χ0n) is 10.6. The first-order chi connectivity index (χ1) is 8.19. The molecule has 1 aromatic heterocycles. The average molecular weight is 252 g/mol. The second-order valence-corrected chi connectivity index (χ2v) is 5.89. The van der Waals surface area contributed by atoms with Crippen LogP contribution in [0.25, 0.3) is 0 Å². The zero-order valence-corrected chi connectivity index (χ0v) is 11.4. The van der Waals surface area contributed by atoms with Gasteiger partial charge in [-0.05, 0) is 42.7 Å². The first-order valence-corrected chi connectivity index (χ1v) is 7.33. The van der Waals surface area contributed by atoms with E-state index in [0.717, 1.165) is 30.7 Å². The molecule has 0 aromatic carbocycles. The Hall–Kier alpha value is -0.830. The molecule has 0 spiro atoms. The van der Waals surface area contributed by atoms with Gasteiger partial charge >= 0.3 is 5.97 Å². The lowest BCUT2D eigenvalue weighted by Gasteiger charge is -2.39. The van der Waals surface area contributed by atoms with E-state index < -0.39 is 0 Å². The molecule has 1 fully saturated rings. The van der Waals surface area contributed by atoms with Gasteiger partial charge in [-0.2, -0.15) is 0 Å². The normalized spacial score (nSPS) is 28.9. The van der Waals surface area contributed by atoms with E-state index in [0.29, 0.717) is 5.92 Å². The zero-order chi connectivity index (χ0) is 12.3. The topological polar surface area (TPSA) is 26.3 Å². The number of rotatable bonds is 3. The van der Waals surface area contributed by atoms with Crippen molar-refractivity contribution in [2.75, 3.05) is 0 Å². The number of hydrogen-bond donors (Lipinski definition) is 0. The maximum absolute atomic E-state index is 12.4. The van der Waals surface area contributed by atoms with E-state index in [1.54, 1.807) is 0 Å². The van der Waals surface area contributed by atoms with Crippen LogP contribution in [0, 0.1) is 11.3 Å². The average Bonchev–Trinajstić information content (AvgIpc) is 2.82. The van der Waals surface area contributed by atoms with Crippen LogP contribution in [0.3, 0.4) is 0 Å².